The number of aromatic nitrogens is 1. The number of benzene rings is 3. The molecular weight excluding hydrogens is 419 g/mol. The minimum atomic E-state index is -0.466. The number of likely N-dealkylation sites (tertiary alicyclic amines) is 1. The summed E-state index contributed by atoms with van der Waals surface area (Å²) in [5.41, 5.74) is 3.00. The van der Waals surface area contributed by atoms with Crippen LogP contribution < -0.4 is 5.76 Å². The van der Waals surface area contributed by atoms with Gasteiger partial charge in [-0.1, -0.05) is 42.5 Å². The third-order valence-corrected chi connectivity index (χ3v) is 6.43. The van der Waals surface area contributed by atoms with Gasteiger partial charge in [-0.15, -0.1) is 0 Å². The first-order chi connectivity index (χ1) is 16.1. The molecule has 0 bridgehead atoms. The molecule has 1 aliphatic heterocycles. The van der Waals surface area contributed by atoms with Crippen LogP contribution in [0.5, 0.6) is 0 Å². The van der Waals surface area contributed by atoms with E-state index >= 15 is 0 Å². The van der Waals surface area contributed by atoms with E-state index in [1.54, 1.807) is 28.8 Å². The van der Waals surface area contributed by atoms with Crippen LogP contribution in [0, 0.1) is 11.7 Å². The maximum Gasteiger partial charge on any atom is 0.421 e. The molecule has 5 nitrogen and oxygen atoms in total. The molecule has 33 heavy (non-hydrogen) atoms. The van der Waals surface area contributed by atoms with Gasteiger partial charge in [0.1, 0.15) is 5.82 Å². The highest BCUT2D eigenvalue weighted by molar-refractivity contribution is 6.10. The number of rotatable bonds is 6. The largest absolute Gasteiger partial charge is 0.421 e. The minimum absolute atomic E-state index is 0.259. The van der Waals surface area contributed by atoms with Crippen molar-refractivity contribution in [2.45, 2.75) is 25.9 Å². The van der Waals surface area contributed by atoms with Crippen LogP contribution in [-0.2, 0) is 13.1 Å². The first-order valence-electron chi connectivity index (χ1n) is 11.3. The number of carbonyl (C=O) groups excluding carboxylic acids is 1. The lowest BCUT2D eigenvalue weighted by Crippen LogP contribution is -2.37. The average molecular weight is 445 g/mol. The summed E-state index contributed by atoms with van der Waals surface area (Å²) in [4.78, 5) is 27.5. The van der Waals surface area contributed by atoms with Crippen molar-refractivity contribution in [3.63, 3.8) is 0 Å². The summed E-state index contributed by atoms with van der Waals surface area (Å²) in [7, 11) is 0. The predicted octanol–water partition coefficient (Wildman–Crippen LogP) is 4.88. The lowest BCUT2D eigenvalue weighted by atomic mass is 9.90. The maximum atomic E-state index is 13.5. The van der Waals surface area contributed by atoms with Crippen LogP contribution in [0.1, 0.15) is 34.3 Å². The molecule has 0 saturated carbocycles. The molecular formula is C27H25FN2O3. The van der Waals surface area contributed by atoms with E-state index < -0.39 is 11.6 Å². The summed E-state index contributed by atoms with van der Waals surface area (Å²) in [6, 6.07) is 21.1. The predicted molar refractivity (Wildman–Crippen MR) is 125 cm³/mol. The van der Waals surface area contributed by atoms with E-state index in [0.717, 1.165) is 32.4 Å². The van der Waals surface area contributed by atoms with Crippen LogP contribution in [0.25, 0.3) is 11.1 Å². The second-order valence-electron chi connectivity index (χ2n) is 8.71. The molecule has 4 aromatic rings. The fourth-order valence-corrected chi connectivity index (χ4v) is 4.62. The Hall–Kier alpha value is -3.51. The third kappa shape index (κ3) is 4.66. The van der Waals surface area contributed by atoms with Crippen LogP contribution in [0.3, 0.4) is 0 Å². The Morgan fingerprint density at radius 2 is 1.70 bits per heavy atom. The highest BCUT2D eigenvalue weighted by atomic mass is 19.1. The van der Waals surface area contributed by atoms with Crippen molar-refractivity contribution < 1.29 is 13.6 Å². The number of fused-ring (bicyclic) bond motifs is 1. The van der Waals surface area contributed by atoms with Crippen LogP contribution >= 0.6 is 0 Å². The molecule has 0 unspecified atom stereocenters. The van der Waals surface area contributed by atoms with Crippen molar-refractivity contribution in [3.8, 4) is 0 Å². The quantitative estimate of drug-likeness (QED) is 0.398. The van der Waals surface area contributed by atoms with Gasteiger partial charge in [0.05, 0.1) is 12.2 Å². The summed E-state index contributed by atoms with van der Waals surface area (Å²) >= 11 is 0. The Morgan fingerprint density at radius 3 is 2.45 bits per heavy atom. The van der Waals surface area contributed by atoms with Crippen molar-refractivity contribution in [2.24, 2.45) is 5.92 Å². The minimum Gasteiger partial charge on any atom is -0.408 e. The SMILES string of the molecule is O=C(c1cccc(F)c1)c1ccc2c(c1)oc(=O)n2CN1CCC(Cc2ccccc2)CC1. The monoisotopic (exact) mass is 444 g/mol. The third-order valence-electron chi connectivity index (χ3n) is 6.43. The molecule has 0 spiro atoms. The van der Waals surface area contributed by atoms with Gasteiger partial charge in [0, 0.05) is 24.2 Å². The molecule has 168 valence electrons. The van der Waals surface area contributed by atoms with E-state index in [2.05, 4.69) is 29.2 Å². The number of hydrogen-bond acceptors (Lipinski definition) is 4. The number of ketones is 1. The lowest BCUT2D eigenvalue weighted by Gasteiger charge is -2.31. The van der Waals surface area contributed by atoms with Gasteiger partial charge >= 0.3 is 5.76 Å². The second kappa shape index (κ2) is 9.16. The average Bonchev–Trinajstić information content (AvgIpc) is 3.14. The lowest BCUT2D eigenvalue weighted by molar-refractivity contribution is 0.103. The normalized spacial score (nSPS) is 15.2. The number of halogens is 1. The Balaban J connectivity index is 1.28. The van der Waals surface area contributed by atoms with E-state index in [1.165, 1.54) is 23.8 Å². The number of carbonyl (C=O) groups is 1. The van der Waals surface area contributed by atoms with Gasteiger partial charge in [-0.3, -0.25) is 14.3 Å². The van der Waals surface area contributed by atoms with Gasteiger partial charge in [-0.2, -0.15) is 0 Å². The van der Waals surface area contributed by atoms with E-state index in [9.17, 15) is 14.0 Å². The zero-order valence-corrected chi connectivity index (χ0v) is 18.2. The van der Waals surface area contributed by atoms with Crippen molar-refractivity contribution in [1.82, 2.24) is 9.47 Å². The number of nitrogens with zero attached hydrogens (tertiary/aromatic N) is 2. The van der Waals surface area contributed by atoms with Gasteiger partial charge < -0.3 is 4.42 Å². The molecule has 0 atom stereocenters. The van der Waals surface area contributed by atoms with E-state index in [0.29, 0.717) is 29.2 Å². The van der Waals surface area contributed by atoms with Crippen molar-refractivity contribution in [1.29, 1.82) is 0 Å². The van der Waals surface area contributed by atoms with Crippen LogP contribution in [0.15, 0.2) is 82.0 Å². The molecule has 5 rings (SSSR count). The fraction of sp³-hybridized carbons (Fsp3) is 0.259. The van der Waals surface area contributed by atoms with Crippen LogP contribution in [-0.4, -0.2) is 28.3 Å². The Bertz CT molecular complexity index is 1330. The topological polar surface area (TPSA) is 55.5 Å². The standard InChI is InChI=1S/C27H25FN2O3/c28-23-8-4-7-21(16-23)26(31)22-9-10-24-25(17-22)33-27(32)30(24)18-29-13-11-20(12-14-29)15-19-5-2-1-3-6-19/h1-10,16-17,20H,11-15,18H2. The molecule has 0 N–H and O–H groups in total. The van der Waals surface area contributed by atoms with Gasteiger partial charge in [0.2, 0.25) is 0 Å². The van der Waals surface area contributed by atoms with E-state index in [4.69, 9.17) is 4.42 Å². The Kier molecular flexibility index (Phi) is 5.92. The summed E-state index contributed by atoms with van der Waals surface area (Å²) in [6.07, 6.45) is 3.27. The molecule has 1 saturated heterocycles. The number of piperidine rings is 1. The molecule has 1 aliphatic rings. The summed E-state index contributed by atoms with van der Waals surface area (Å²) in [5.74, 6) is -0.566. The Morgan fingerprint density at radius 1 is 0.939 bits per heavy atom. The molecule has 6 heteroatoms. The summed E-state index contributed by atoms with van der Waals surface area (Å²) in [6.45, 7) is 2.31. The smallest absolute Gasteiger partial charge is 0.408 e. The summed E-state index contributed by atoms with van der Waals surface area (Å²) < 4.78 is 20.5. The van der Waals surface area contributed by atoms with E-state index in [1.807, 2.05) is 6.07 Å². The van der Waals surface area contributed by atoms with Crippen molar-refractivity contribution >= 4 is 16.9 Å². The number of hydrogen-bond donors (Lipinski definition) is 0. The Labute approximate surface area is 191 Å². The number of oxazole rings is 1. The molecule has 1 aromatic heterocycles. The second-order valence-corrected chi connectivity index (χ2v) is 8.71. The molecule has 1 fully saturated rings. The molecule has 0 amide bonds. The highest BCUT2D eigenvalue weighted by Crippen LogP contribution is 2.23. The molecule has 2 heterocycles. The zero-order valence-electron chi connectivity index (χ0n) is 18.2. The molecule has 0 aliphatic carbocycles. The van der Waals surface area contributed by atoms with Crippen LogP contribution in [0.4, 0.5) is 4.39 Å². The fourth-order valence-electron chi connectivity index (χ4n) is 4.62. The highest BCUT2D eigenvalue weighted by Gasteiger charge is 2.22. The van der Waals surface area contributed by atoms with Gasteiger partial charge in [0.25, 0.3) is 0 Å². The first-order valence-corrected chi connectivity index (χ1v) is 11.3. The van der Waals surface area contributed by atoms with Gasteiger partial charge in [0.15, 0.2) is 11.4 Å². The zero-order chi connectivity index (χ0) is 22.8. The van der Waals surface area contributed by atoms with Crippen molar-refractivity contribution in [2.75, 3.05) is 13.1 Å². The summed E-state index contributed by atoms with van der Waals surface area (Å²) in [5, 5.41) is 0. The molecule has 3 aromatic carbocycles. The maximum absolute atomic E-state index is 13.5. The first kappa shape index (κ1) is 21.3. The van der Waals surface area contributed by atoms with Crippen LogP contribution in [0.2, 0.25) is 0 Å². The molecule has 0 radical (unpaired) electrons. The van der Waals surface area contributed by atoms with Gasteiger partial charge in [-0.05, 0) is 61.1 Å². The van der Waals surface area contributed by atoms with Gasteiger partial charge in [-0.25, -0.2) is 9.18 Å². The van der Waals surface area contributed by atoms with Crippen molar-refractivity contribution in [3.05, 3.63) is 106 Å². The van der Waals surface area contributed by atoms with E-state index in [-0.39, 0.29) is 11.3 Å².